The number of halogens is 1. The molecule has 1 aliphatic rings. The summed E-state index contributed by atoms with van der Waals surface area (Å²) in [5.41, 5.74) is 1.79. The molecule has 1 aromatic carbocycles. The second-order valence-corrected chi connectivity index (χ2v) is 6.85. The summed E-state index contributed by atoms with van der Waals surface area (Å²) in [6.45, 7) is 6.53. The summed E-state index contributed by atoms with van der Waals surface area (Å²) >= 11 is 3.48. The van der Waals surface area contributed by atoms with E-state index in [1.807, 2.05) is 25.1 Å². The van der Waals surface area contributed by atoms with Gasteiger partial charge in [0.1, 0.15) is 0 Å². The van der Waals surface area contributed by atoms with Crippen molar-refractivity contribution in [1.82, 2.24) is 5.32 Å². The molecule has 2 nitrogen and oxygen atoms in total. The van der Waals surface area contributed by atoms with Gasteiger partial charge in [-0.25, -0.2) is 0 Å². The fraction of sp³-hybridized carbons (Fsp3) is 0.562. The van der Waals surface area contributed by atoms with Crippen molar-refractivity contribution in [3.8, 4) is 0 Å². The third-order valence-corrected chi connectivity index (χ3v) is 4.89. The lowest BCUT2D eigenvalue weighted by atomic mass is 9.80. The summed E-state index contributed by atoms with van der Waals surface area (Å²) in [6, 6.07) is 6.10. The Labute approximate surface area is 124 Å². The Morgan fingerprint density at radius 2 is 1.84 bits per heavy atom. The van der Waals surface area contributed by atoms with Gasteiger partial charge >= 0.3 is 0 Å². The van der Waals surface area contributed by atoms with Crippen molar-refractivity contribution in [1.29, 1.82) is 0 Å². The normalized spacial score (nSPS) is 27.1. The molecule has 1 fully saturated rings. The maximum absolute atomic E-state index is 12.4. The van der Waals surface area contributed by atoms with E-state index in [9.17, 15) is 4.79 Å². The lowest BCUT2D eigenvalue weighted by Crippen LogP contribution is -2.40. The van der Waals surface area contributed by atoms with Gasteiger partial charge in [0.15, 0.2) is 0 Å². The van der Waals surface area contributed by atoms with E-state index in [2.05, 4.69) is 35.1 Å². The van der Waals surface area contributed by atoms with Crippen LogP contribution in [-0.2, 0) is 0 Å². The number of amides is 1. The van der Waals surface area contributed by atoms with Gasteiger partial charge in [0.05, 0.1) is 0 Å². The third kappa shape index (κ3) is 3.59. The summed E-state index contributed by atoms with van der Waals surface area (Å²) < 4.78 is 0.991. The molecule has 1 N–H and O–H groups in total. The lowest BCUT2D eigenvalue weighted by molar-refractivity contribution is 0.0910. The smallest absolute Gasteiger partial charge is 0.251 e. The molecule has 1 aliphatic carbocycles. The average Bonchev–Trinajstić information content (AvgIpc) is 2.31. The van der Waals surface area contributed by atoms with Crippen LogP contribution in [0.1, 0.15) is 49.0 Å². The molecule has 1 saturated carbocycles. The Morgan fingerprint density at radius 3 is 2.47 bits per heavy atom. The molecule has 0 aromatic heterocycles. The van der Waals surface area contributed by atoms with Crippen LogP contribution in [0.5, 0.6) is 0 Å². The van der Waals surface area contributed by atoms with Crippen molar-refractivity contribution in [3.63, 3.8) is 0 Å². The lowest BCUT2D eigenvalue weighted by Gasteiger charge is -2.32. The first-order valence-electron chi connectivity index (χ1n) is 7.03. The van der Waals surface area contributed by atoms with E-state index in [-0.39, 0.29) is 5.91 Å². The summed E-state index contributed by atoms with van der Waals surface area (Å²) in [7, 11) is 0. The highest BCUT2D eigenvalue weighted by atomic mass is 79.9. The Hall–Kier alpha value is -0.830. The molecule has 0 saturated heterocycles. The average molecular weight is 324 g/mol. The molecule has 19 heavy (non-hydrogen) atoms. The van der Waals surface area contributed by atoms with E-state index < -0.39 is 0 Å². The van der Waals surface area contributed by atoms with Crippen molar-refractivity contribution in [2.45, 2.75) is 46.1 Å². The molecule has 0 bridgehead atoms. The number of benzene rings is 1. The molecule has 0 radical (unpaired) electrons. The fourth-order valence-corrected chi connectivity index (χ4v) is 3.55. The van der Waals surface area contributed by atoms with E-state index in [1.54, 1.807) is 0 Å². The molecule has 2 atom stereocenters. The maximum Gasteiger partial charge on any atom is 0.251 e. The molecular weight excluding hydrogens is 302 g/mol. The number of carbonyl (C=O) groups excluding carboxylic acids is 1. The Kier molecular flexibility index (Phi) is 4.67. The van der Waals surface area contributed by atoms with E-state index >= 15 is 0 Å². The van der Waals surface area contributed by atoms with Crippen molar-refractivity contribution in [2.75, 3.05) is 0 Å². The SMILES string of the molecule is Cc1c(Br)cccc1C(=O)NC1CC(C)CC(C)C1. The summed E-state index contributed by atoms with van der Waals surface area (Å²) in [6.07, 6.45) is 3.48. The Bertz CT molecular complexity index is 462. The van der Waals surface area contributed by atoms with Crippen LogP contribution in [0.15, 0.2) is 22.7 Å². The fourth-order valence-electron chi connectivity index (χ4n) is 3.18. The van der Waals surface area contributed by atoms with Crippen molar-refractivity contribution in [3.05, 3.63) is 33.8 Å². The first-order chi connectivity index (χ1) is 8.97. The standard InChI is InChI=1S/C16H22BrNO/c1-10-7-11(2)9-13(8-10)18-16(19)14-5-4-6-15(17)12(14)3/h4-6,10-11,13H,7-9H2,1-3H3,(H,18,19). The van der Waals surface area contributed by atoms with Crippen molar-refractivity contribution >= 4 is 21.8 Å². The van der Waals surface area contributed by atoms with Crippen LogP contribution in [0.4, 0.5) is 0 Å². The predicted molar refractivity (Wildman–Crippen MR) is 82.3 cm³/mol. The topological polar surface area (TPSA) is 29.1 Å². The molecule has 0 heterocycles. The number of hydrogen-bond acceptors (Lipinski definition) is 1. The van der Waals surface area contributed by atoms with Crippen LogP contribution in [0.2, 0.25) is 0 Å². The first kappa shape index (κ1) is 14.6. The zero-order chi connectivity index (χ0) is 14.0. The first-order valence-corrected chi connectivity index (χ1v) is 7.82. The molecule has 3 heteroatoms. The van der Waals surface area contributed by atoms with Gasteiger partial charge in [-0.1, -0.05) is 35.8 Å². The van der Waals surface area contributed by atoms with E-state index in [0.29, 0.717) is 17.9 Å². The van der Waals surface area contributed by atoms with Gasteiger partial charge in [0.2, 0.25) is 0 Å². The molecular formula is C16H22BrNO. The Morgan fingerprint density at radius 1 is 1.21 bits per heavy atom. The number of nitrogens with one attached hydrogen (secondary N) is 1. The van der Waals surface area contributed by atoms with E-state index in [1.165, 1.54) is 6.42 Å². The minimum Gasteiger partial charge on any atom is -0.349 e. The number of rotatable bonds is 2. The molecule has 0 aliphatic heterocycles. The maximum atomic E-state index is 12.4. The van der Waals surface area contributed by atoms with Gasteiger partial charge in [-0.05, 0) is 55.7 Å². The largest absolute Gasteiger partial charge is 0.349 e. The highest BCUT2D eigenvalue weighted by Crippen LogP contribution is 2.29. The molecule has 2 rings (SSSR count). The van der Waals surface area contributed by atoms with Crippen LogP contribution in [-0.4, -0.2) is 11.9 Å². The van der Waals surface area contributed by atoms with Crippen LogP contribution < -0.4 is 5.32 Å². The highest BCUT2D eigenvalue weighted by molar-refractivity contribution is 9.10. The minimum atomic E-state index is 0.0603. The van der Waals surface area contributed by atoms with Crippen molar-refractivity contribution < 1.29 is 4.79 Å². The zero-order valence-corrected chi connectivity index (χ0v) is 13.5. The third-order valence-electron chi connectivity index (χ3n) is 4.03. The second-order valence-electron chi connectivity index (χ2n) is 6.00. The quantitative estimate of drug-likeness (QED) is 0.863. The van der Waals surface area contributed by atoms with E-state index in [4.69, 9.17) is 0 Å². The summed E-state index contributed by atoms with van der Waals surface area (Å²) in [5.74, 6) is 1.47. The van der Waals surface area contributed by atoms with Gasteiger partial charge in [-0.2, -0.15) is 0 Å². The van der Waals surface area contributed by atoms with E-state index in [0.717, 1.165) is 28.4 Å². The van der Waals surface area contributed by atoms with Crippen LogP contribution >= 0.6 is 15.9 Å². The van der Waals surface area contributed by atoms with Gasteiger partial charge in [0, 0.05) is 16.1 Å². The highest BCUT2D eigenvalue weighted by Gasteiger charge is 2.25. The second kappa shape index (κ2) is 6.08. The summed E-state index contributed by atoms with van der Waals surface area (Å²) in [5, 5.41) is 3.20. The van der Waals surface area contributed by atoms with Crippen LogP contribution in [0.25, 0.3) is 0 Å². The van der Waals surface area contributed by atoms with Crippen LogP contribution in [0.3, 0.4) is 0 Å². The number of hydrogen-bond donors (Lipinski definition) is 1. The summed E-state index contributed by atoms with van der Waals surface area (Å²) in [4.78, 5) is 12.4. The van der Waals surface area contributed by atoms with Gasteiger partial charge in [0.25, 0.3) is 5.91 Å². The molecule has 104 valence electrons. The minimum absolute atomic E-state index is 0.0603. The molecule has 1 amide bonds. The Balaban J connectivity index is 2.06. The zero-order valence-electron chi connectivity index (χ0n) is 11.9. The predicted octanol–water partition coefficient (Wildman–Crippen LogP) is 4.31. The molecule has 2 unspecified atom stereocenters. The van der Waals surface area contributed by atoms with Crippen molar-refractivity contribution in [2.24, 2.45) is 11.8 Å². The number of carbonyl (C=O) groups is 1. The van der Waals surface area contributed by atoms with Crippen LogP contribution in [0, 0.1) is 18.8 Å². The molecule has 0 spiro atoms. The van der Waals surface area contributed by atoms with Gasteiger partial charge in [-0.15, -0.1) is 0 Å². The monoisotopic (exact) mass is 323 g/mol. The van der Waals surface area contributed by atoms with Gasteiger partial charge < -0.3 is 5.32 Å². The molecule has 1 aromatic rings. The van der Waals surface area contributed by atoms with Gasteiger partial charge in [-0.3, -0.25) is 4.79 Å².